The Hall–Kier alpha value is -3.22. The molecular weight excluding hydrogens is 486 g/mol. The molecule has 6 rings (SSSR count). The van der Waals surface area contributed by atoms with Gasteiger partial charge in [-0.3, -0.25) is 9.47 Å². The number of aromatic nitrogens is 3. The minimum atomic E-state index is -0.711. The summed E-state index contributed by atoms with van der Waals surface area (Å²) < 4.78 is 35.6. The zero-order valence-electron chi connectivity index (χ0n) is 19.8. The molecule has 1 saturated carbocycles. The van der Waals surface area contributed by atoms with Crippen LogP contribution in [-0.2, 0) is 13.1 Å². The molecule has 0 spiro atoms. The lowest BCUT2D eigenvalue weighted by atomic mass is 9.95. The molecule has 1 aliphatic carbocycles. The van der Waals surface area contributed by atoms with Gasteiger partial charge in [-0.2, -0.15) is 5.26 Å². The van der Waals surface area contributed by atoms with Crippen molar-refractivity contribution in [2.45, 2.75) is 50.2 Å². The Kier molecular flexibility index (Phi) is 5.61. The summed E-state index contributed by atoms with van der Waals surface area (Å²) in [5.41, 5.74) is 1.92. The Labute approximate surface area is 212 Å². The third-order valence-corrected chi connectivity index (χ3v) is 7.93. The lowest BCUT2D eigenvalue weighted by Gasteiger charge is -2.33. The van der Waals surface area contributed by atoms with Crippen LogP contribution in [-0.4, -0.2) is 45.4 Å². The molecule has 0 unspecified atom stereocenters. The minimum absolute atomic E-state index is 0.0296. The largest absolute Gasteiger partial charge is 0.494 e. The molecule has 0 atom stereocenters. The molecule has 0 bridgehead atoms. The molecule has 3 aromatic rings. The van der Waals surface area contributed by atoms with E-state index in [-0.39, 0.29) is 11.7 Å². The molecule has 7 nitrogen and oxygen atoms in total. The van der Waals surface area contributed by atoms with Gasteiger partial charge in [-0.15, -0.1) is 10.2 Å². The van der Waals surface area contributed by atoms with E-state index < -0.39 is 17.2 Å². The van der Waals surface area contributed by atoms with Crippen molar-refractivity contribution in [3.8, 4) is 17.5 Å². The van der Waals surface area contributed by atoms with Crippen molar-refractivity contribution in [1.29, 1.82) is 5.26 Å². The van der Waals surface area contributed by atoms with Crippen molar-refractivity contribution in [2.75, 3.05) is 25.1 Å². The number of halogens is 3. The predicted molar refractivity (Wildman–Crippen MR) is 130 cm³/mol. The van der Waals surface area contributed by atoms with Gasteiger partial charge in [0.05, 0.1) is 31.1 Å². The first-order valence-electron chi connectivity index (χ1n) is 12.1. The second-order valence-corrected chi connectivity index (χ2v) is 10.2. The van der Waals surface area contributed by atoms with Crippen molar-refractivity contribution >= 4 is 17.3 Å². The highest BCUT2D eigenvalue weighted by Gasteiger charge is 2.50. The number of rotatable bonds is 4. The highest BCUT2D eigenvalue weighted by molar-refractivity contribution is 6.30. The quantitative estimate of drug-likeness (QED) is 0.494. The number of nitrogens with zero attached hydrogens (tertiary/aromatic N) is 6. The summed E-state index contributed by atoms with van der Waals surface area (Å²) in [6, 6.07) is 10.6. The highest BCUT2D eigenvalue weighted by atomic mass is 35.5. The van der Waals surface area contributed by atoms with E-state index in [0.717, 1.165) is 54.6 Å². The summed E-state index contributed by atoms with van der Waals surface area (Å²) in [5, 5.41) is 19.6. The van der Waals surface area contributed by atoms with Gasteiger partial charge in [0.2, 0.25) is 0 Å². The van der Waals surface area contributed by atoms with Gasteiger partial charge in [0.15, 0.2) is 17.4 Å². The fraction of sp³-hybridized carbons (Fsp3) is 0.423. The van der Waals surface area contributed by atoms with Crippen LogP contribution >= 0.6 is 11.6 Å². The average Bonchev–Trinajstić information content (AvgIpc) is 3.61. The van der Waals surface area contributed by atoms with Crippen molar-refractivity contribution in [3.63, 3.8) is 0 Å². The molecule has 2 aromatic carbocycles. The van der Waals surface area contributed by atoms with E-state index in [9.17, 15) is 14.0 Å². The SMILES string of the molecule is COc1cc(N2CCC(c3nnc4n3-c3ccc(Cl)cc3CN(C3(C#N)CC3)C4)CC2)c(F)cc1F. The average molecular weight is 511 g/mol. The summed E-state index contributed by atoms with van der Waals surface area (Å²) in [6.07, 6.45) is 3.19. The maximum absolute atomic E-state index is 14.6. The van der Waals surface area contributed by atoms with Crippen LogP contribution in [0.3, 0.4) is 0 Å². The van der Waals surface area contributed by atoms with Crippen LogP contribution in [0.5, 0.6) is 5.75 Å². The standard InChI is InChI=1S/C26H25ClF2N6O/c1-36-23-12-22(19(28)11-20(23)29)33-8-4-16(5-9-33)25-32-31-24-14-34(26(15-30)6-7-26)13-17-10-18(27)2-3-21(17)35(24)25/h2-3,10-12,16H,4-9,13-14H2,1H3. The van der Waals surface area contributed by atoms with E-state index in [1.165, 1.54) is 13.2 Å². The molecule has 0 amide bonds. The number of anilines is 1. The molecular formula is C26H25ClF2N6O. The molecule has 2 aliphatic heterocycles. The number of fused-ring (bicyclic) bond motifs is 3. The Morgan fingerprint density at radius 3 is 2.53 bits per heavy atom. The number of piperidine rings is 1. The van der Waals surface area contributed by atoms with Crippen LogP contribution in [0, 0.1) is 23.0 Å². The molecule has 10 heteroatoms. The van der Waals surface area contributed by atoms with Gasteiger partial charge < -0.3 is 9.64 Å². The molecule has 3 heterocycles. The zero-order valence-corrected chi connectivity index (χ0v) is 20.6. The predicted octanol–water partition coefficient (Wildman–Crippen LogP) is 4.96. The molecule has 36 heavy (non-hydrogen) atoms. The smallest absolute Gasteiger partial charge is 0.168 e. The fourth-order valence-electron chi connectivity index (χ4n) is 5.51. The van der Waals surface area contributed by atoms with Crippen LogP contribution in [0.1, 0.15) is 48.8 Å². The Morgan fingerprint density at radius 1 is 1.06 bits per heavy atom. The van der Waals surface area contributed by atoms with E-state index >= 15 is 0 Å². The molecule has 0 N–H and O–H groups in total. The fourth-order valence-corrected chi connectivity index (χ4v) is 5.70. The van der Waals surface area contributed by atoms with Gasteiger partial charge in [0.25, 0.3) is 0 Å². The van der Waals surface area contributed by atoms with E-state index in [4.69, 9.17) is 16.3 Å². The van der Waals surface area contributed by atoms with E-state index in [1.807, 2.05) is 23.1 Å². The molecule has 0 radical (unpaired) electrons. The summed E-state index contributed by atoms with van der Waals surface area (Å²) in [4.78, 5) is 4.11. The van der Waals surface area contributed by atoms with Crippen molar-refractivity contribution in [3.05, 3.63) is 64.2 Å². The van der Waals surface area contributed by atoms with E-state index in [0.29, 0.717) is 36.9 Å². The first-order chi connectivity index (χ1) is 17.4. The second-order valence-electron chi connectivity index (χ2n) is 9.78. The van der Waals surface area contributed by atoms with Gasteiger partial charge >= 0.3 is 0 Å². The number of nitriles is 1. The topological polar surface area (TPSA) is 70.2 Å². The summed E-state index contributed by atoms with van der Waals surface area (Å²) in [7, 11) is 1.37. The van der Waals surface area contributed by atoms with Crippen molar-refractivity contribution < 1.29 is 13.5 Å². The Balaban J connectivity index is 1.30. The van der Waals surface area contributed by atoms with Crippen LogP contribution in [0.4, 0.5) is 14.5 Å². The van der Waals surface area contributed by atoms with Gasteiger partial charge in [0, 0.05) is 42.7 Å². The highest BCUT2D eigenvalue weighted by Crippen LogP contribution is 2.45. The first-order valence-corrected chi connectivity index (χ1v) is 12.5. The molecule has 1 saturated heterocycles. The lowest BCUT2D eigenvalue weighted by molar-refractivity contribution is 0.197. The monoisotopic (exact) mass is 510 g/mol. The van der Waals surface area contributed by atoms with Gasteiger partial charge in [-0.1, -0.05) is 11.6 Å². The minimum Gasteiger partial charge on any atom is -0.494 e. The molecule has 2 fully saturated rings. The van der Waals surface area contributed by atoms with Crippen LogP contribution in [0.2, 0.25) is 5.02 Å². The van der Waals surface area contributed by atoms with Crippen LogP contribution in [0.15, 0.2) is 30.3 Å². The van der Waals surface area contributed by atoms with Gasteiger partial charge in [-0.25, -0.2) is 8.78 Å². The number of hydrogen-bond acceptors (Lipinski definition) is 6. The van der Waals surface area contributed by atoms with Crippen molar-refractivity contribution in [2.24, 2.45) is 0 Å². The number of ether oxygens (including phenoxy) is 1. The summed E-state index contributed by atoms with van der Waals surface area (Å²) in [5.74, 6) is 0.520. The van der Waals surface area contributed by atoms with E-state index in [1.54, 1.807) is 0 Å². The number of methoxy groups -OCH3 is 1. The third-order valence-electron chi connectivity index (χ3n) is 7.69. The molecule has 1 aromatic heterocycles. The third kappa shape index (κ3) is 3.80. The maximum atomic E-state index is 14.6. The summed E-state index contributed by atoms with van der Waals surface area (Å²) >= 11 is 6.36. The maximum Gasteiger partial charge on any atom is 0.168 e. The normalized spacial score (nSPS) is 19.2. The van der Waals surface area contributed by atoms with Crippen LogP contribution < -0.4 is 9.64 Å². The first kappa shape index (κ1) is 23.2. The Bertz CT molecular complexity index is 1370. The van der Waals surface area contributed by atoms with Crippen LogP contribution in [0.25, 0.3) is 5.69 Å². The molecule has 186 valence electrons. The number of benzene rings is 2. The van der Waals surface area contributed by atoms with E-state index in [2.05, 4.69) is 25.7 Å². The Morgan fingerprint density at radius 2 is 1.83 bits per heavy atom. The van der Waals surface area contributed by atoms with Gasteiger partial charge in [0.1, 0.15) is 17.2 Å². The lowest BCUT2D eigenvalue weighted by Crippen LogP contribution is -2.35. The zero-order chi connectivity index (χ0) is 25.0. The number of hydrogen-bond donors (Lipinski definition) is 0. The molecule has 3 aliphatic rings. The second kappa shape index (κ2) is 8.71. The van der Waals surface area contributed by atoms with Crippen molar-refractivity contribution in [1.82, 2.24) is 19.7 Å². The van der Waals surface area contributed by atoms with Gasteiger partial charge in [-0.05, 0) is 49.4 Å². The summed E-state index contributed by atoms with van der Waals surface area (Å²) in [6.45, 7) is 2.34.